The Labute approximate surface area is 197 Å². The lowest BCUT2D eigenvalue weighted by molar-refractivity contribution is -0.123. The van der Waals surface area contributed by atoms with Gasteiger partial charge in [0, 0.05) is 18.8 Å². The molecule has 0 bridgehead atoms. The Bertz CT molecular complexity index is 1290. The summed E-state index contributed by atoms with van der Waals surface area (Å²) < 4.78 is 60.4. The van der Waals surface area contributed by atoms with Crippen LogP contribution in [0.1, 0.15) is 22.8 Å². The minimum atomic E-state index is -3.87. The summed E-state index contributed by atoms with van der Waals surface area (Å²) in [4.78, 5) is 24.9. The van der Waals surface area contributed by atoms with Crippen molar-refractivity contribution in [3.63, 3.8) is 0 Å². The van der Waals surface area contributed by atoms with Gasteiger partial charge in [0.05, 0.1) is 28.6 Å². The van der Waals surface area contributed by atoms with Crippen molar-refractivity contribution in [2.45, 2.75) is 29.7 Å². The van der Waals surface area contributed by atoms with Crippen molar-refractivity contribution in [1.82, 2.24) is 4.31 Å². The van der Waals surface area contributed by atoms with E-state index in [9.17, 15) is 26.4 Å². The van der Waals surface area contributed by atoms with Gasteiger partial charge in [-0.3, -0.25) is 4.79 Å². The Hall–Kier alpha value is -2.84. The number of hydrogen-bond donors (Lipinski definition) is 2. The van der Waals surface area contributed by atoms with Crippen LogP contribution in [0.4, 0.5) is 5.69 Å². The number of carbonyl (C=O) groups excluding carboxylic acids is 2. The molecule has 3 N–H and O–H groups in total. The first kappa shape index (κ1) is 25.8. The van der Waals surface area contributed by atoms with Crippen molar-refractivity contribution in [2.24, 2.45) is 5.14 Å². The van der Waals surface area contributed by atoms with Gasteiger partial charge in [-0.05, 0) is 55.8 Å². The molecule has 0 aromatic heterocycles. The van der Waals surface area contributed by atoms with E-state index in [0.717, 1.165) is 0 Å². The van der Waals surface area contributed by atoms with Gasteiger partial charge in [-0.25, -0.2) is 26.8 Å². The normalized spacial score (nSPS) is 16.0. The Balaban J connectivity index is 1.70. The second-order valence-electron chi connectivity index (χ2n) is 7.60. The number of anilines is 1. The molecule has 2 aromatic rings. The third kappa shape index (κ3) is 5.98. The van der Waals surface area contributed by atoms with Gasteiger partial charge < -0.3 is 14.8 Å². The number of rotatable bonds is 7. The molecule has 0 saturated carbocycles. The Morgan fingerprint density at radius 1 is 1.06 bits per heavy atom. The van der Waals surface area contributed by atoms with Crippen LogP contribution in [-0.2, 0) is 34.3 Å². The fourth-order valence-corrected chi connectivity index (χ4v) is 5.36. The highest BCUT2D eigenvalue weighted by Crippen LogP contribution is 2.23. The molecule has 1 heterocycles. The average molecular weight is 512 g/mol. The van der Waals surface area contributed by atoms with E-state index in [1.165, 1.54) is 53.7 Å². The predicted molar refractivity (Wildman–Crippen MR) is 122 cm³/mol. The highest BCUT2D eigenvalue weighted by molar-refractivity contribution is 7.89. The zero-order chi connectivity index (χ0) is 25.1. The number of aryl methyl sites for hydroxylation is 1. The number of hydrogen-bond acceptors (Lipinski definition) is 8. The van der Waals surface area contributed by atoms with E-state index in [1.807, 2.05) is 0 Å². The number of ether oxygens (including phenoxy) is 2. The van der Waals surface area contributed by atoms with Gasteiger partial charge in [0.15, 0.2) is 6.10 Å². The highest BCUT2D eigenvalue weighted by atomic mass is 32.2. The number of primary sulfonamides is 1. The third-order valence-electron chi connectivity index (χ3n) is 5.12. The SMILES string of the molecule is Cc1ccc(C(=O)O[C@@H](C)C(=O)Nc2ccc(S(N)(=O)=O)cc2)cc1S(=O)(=O)N1CCOCC1. The summed E-state index contributed by atoms with van der Waals surface area (Å²) >= 11 is 0. The predicted octanol–water partition coefficient (Wildman–Crippen LogP) is 0.847. The topological polar surface area (TPSA) is 162 Å². The molecule has 34 heavy (non-hydrogen) atoms. The van der Waals surface area contributed by atoms with E-state index in [2.05, 4.69) is 5.32 Å². The molecule has 1 amide bonds. The van der Waals surface area contributed by atoms with E-state index in [0.29, 0.717) is 5.56 Å². The number of nitrogens with two attached hydrogens (primary N) is 1. The van der Waals surface area contributed by atoms with E-state index in [-0.39, 0.29) is 47.3 Å². The quantitative estimate of drug-likeness (QED) is 0.517. The van der Waals surface area contributed by atoms with Crippen LogP contribution in [0.25, 0.3) is 0 Å². The maximum absolute atomic E-state index is 13.0. The van der Waals surface area contributed by atoms with Crippen LogP contribution >= 0.6 is 0 Å². The maximum Gasteiger partial charge on any atom is 0.338 e. The van der Waals surface area contributed by atoms with Gasteiger partial charge >= 0.3 is 5.97 Å². The number of benzene rings is 2. The molecule has 1 aliphatic heterocycles. The molecular formula is C21H25N3O8S2. The third-order valence-corrected chi connectivity index (χ3v) is 8.09. The largest absolute Gasteiger partial charge is 0.449 e. The molecule has 11 nitrogen and oxygen atoms in total. The molecular weight excluding hydrogens is 486 g/mol. The van der Waals surface area contributed by atoms with Crippen molar-refractivity contribution in [3.8, 4) is 0 Å². The summed E-state index contributed by atoms with van der Waals surface area (Å²) in [5.41, 5.74) is 0.723. The van der Waals surface area contributed by atoms with Gasteiger partial charge in [-0.15, -0.1) is 0 Å². The monoisotopic (exact) mass is 511 g/mol. The standard InChI is InChI=1S/C21H25N3O8S2/c1-14-3-4-16(13-19(14)34(29,30)24-9-11-31-12-10-24)21(26)32-15(2)20(25)23-17-5-7-18(8-6-17)33(22,27)28/h3-8,13,15H,9-12H2,1-2H3,(H,23,25)(H2,22,27,28)/t15-/m0/s1. The van der Waals surface area contributed by atoms with Crippen LogP contribution in [0.5, 0.6) is 0 Å². The molecule has 184 valence electrons. The molecule has 0 spiro atoms. The van der Waals surface area contributed by atoms with Gasteiger partial charge in [0.25, 0.3) is 5.91 Å². The fraction of sp³-hybridized carbons (Fsp3) is 0.333. The van der Waals surface area contributed by atoms with Gasteiger partial charge in [0.2, 0.25) is 20.0 Å². The van der Waals surface area contributed by atoms with Crippen molar-refractivity contribution in [2.75, 3.05) is 31.6 Å². The molecule has 1 saturated heterocycles. The number of nitrogens with one attached hydrogen (secondary N) is 1. The van der Waals surface area contributed by atoms with Gasteiger partial charge in [0.1, 0.15) is 0 Å². The molecule has 1 atom stereocenters. The van der Waals surface area contributed by atoms with Crippen molar-refractivity contribution < 1.29 is 35.9 Å². The maximum atomic E-state index is 13.0. The molecule has 3 rings (SSSR count). The number of carbonyl (C=O) groups is 2. The summed E-state index contributed by atoms with van der Waals surface area (Å²) in [7, 11) is -7.70. The first-order valence-corrected chi connectivity index (χ1v) is 13.2. The average Bonchev–Trinajstić information content (AvgIpc) is 2.79. The number of nitrogens with zero attached hydrogens (tertiary/aromatic N) is 1. The minimum Gasteiger partial charge on any atom is -0.449 e. The zero-order valence-electron chi connectivity index (χ0n) is 18.6. The van der Waals surface area contributed by atoms with E-state index < -0.39 is 38.0 Å². The zero-order valence-corrected chi connectivity index (χ0v) is 20.2. The molecule has 0 radical (unpaired) electrons. The van der Waals surface area contributed by atoms with Gasteiger partial charge in [-0.1, -0.05) is 6.07 Å². The minimum absolute atomic E-state index is 0.0177. The number of esters is 1. The van der Waals surface area contributed by atoms with Crippen LogP contribution in [0.3, 0.4) is 0 Å². The number of morpholine rings is 1. The molecule has 1 aliphatic rings. The Morgan fingerprint density at radius 3 is 2.26 bits per heavy atom. The van der Waals surface area contributed by atoms with Crippen molar-refractivity contribution >= 4 is 37.6 Å². The summed E-state index contributed by atoms with van der Waals surface area (Å²) in [6.07, 6.45) is -1.22. The lowest BCUT2D eigenvalue weighted by atomic mass is 10.1. The Kier molecular flexibility index (Phi) is 7.73. The number of sulfonamides is 2. The summed E-state index contributed by atoms with van der Waals surface area (Å²) in [5, 5.41) is 7.54. The van der Waals surface area contributed by atoms with Crippen LogP contribution in [0.2, 0.25) is 0 Å². The summed E-state index contributed by atoms with van der Waals surface area (Å²) in [5.74, 6) is -1.53. The van der Waals surface area contributed by atoms with Crippen molar-refractivity contribution in [3.05, 3.63) is 53.6 Å². The first-order chi connectivity index (χ1) is 15.9. The van der Waals surface area contributed by atoms with Crippen LogP contribution < -0.4 is 10.5 Å². The van der Waals surface area contributed by atoms with E-state index in [4.69, 9.17) is 14.6 Å². The Morgan fingerprint density at radius 2 is 1.68 bits per heavy atom. The highest BCUT2D eigenvalue weighted by Gasteiger charge is 2.29. The lowest BCUT2D eigenvalue weighted by Gasteiger charge is -2.26. The van der Waals surface area contributed by atoms with Crippen molar-refractivity contribution in [1.29, 1.82) is 0 Å². The molecule has 1 fully saturated rings. The smallest absolute Gasteiger partial charge is 0.338 e. The van der Waals surface area contributed by atoms with Crippen LogP contribution in [0.15, 0.2) is 52.3 Å². The second kappa shape index (κ2) is 10.2. The van der Waals surface area contributed by atoms with E-state index >= 15 is 0 Å². The summed E-state index contributed by atoms with van der Waals surface area (Å²) in [6, 6.07) is 9.30. The lowest BCUT2D eigenvalue weighted by Crippen LogP contribution is -2.40. The molecule has 0 unspecified atom stereocenters. The summed E-state index contributed by atoms with van der Waals surface area (Å²) in [6.45, 7) is 3.98. The molecule has 0 aliphatic carbocycles. The number of amides is 1. The van der Waals surface area contributed by atoms with Gasteiger partial charge in [-0.2, -0.15) is 4.31 Å². The first-order valence-electron chi connectivity index (χ1n) is 10.2. The molecule has 2 aromatic carbocycles. The molecule has 13 heteroatoms. The van der Waals surface area contributed by atoms with Crippen LogP contribution in [0, 0.1) is 6.92 Å². The second-order valence-corrected chi connectivity index (χ2v) is 11.1. The van der Waals surface area contributed by atoms with E-state index in [1.54, 1.807) is 6.92 Å². The van der Waals surface area contributed by atoms with Crippen LogP contribution in [-0.4, -0.2) is 65.4 Å². The fourth-order valence-electron chi connectivity index (χ4n) is 3.18.